The van der Waals surface area contributed by atoms with Gasteiger partial charge in [0.1, 0.15) is 6.04 Å². The summed E-state index contributed by atoms with van der Waals surface area (Å²) in [5.74, 6) is -2.65. The lowest BCUT2D eigenvalue weighted by atomic mass is 10.2. The van der Waals surface area contributed by atoms with Gasteiger partial charge in [0, 0.05) is 0 Å². The summed E-state index contributed by atoms with van der Waals surface area (Å²) in [6.45, 7) is 0. The van der Waals surface area contributed by atoms with E-state index in [1.165, 1.54) is 0 Å². The monoisotopic (exact) mass is 212 g/mol. The van der Waals surface area contributed by atoms with Crippen LogP contribution in [-0.2, 0) is 18.7 Å². The van der Waals surface area contributed by atoms with Crippen LogP contribution in [0.1, 0.15) is 6.42 Å². The SMILES string of the molecule is N[C@@H](CC(=O)OP(N)(=O)O)C(=O)O. The van der Waals surface area contributed by atoms with E-state index in [9.17, 15) is 14.2 Å². The second-order valence-electron chi connectivity index (χ2n) is 2.18. The van der Waals surface area contributed by atoms with Gasteiger partial charge in [-0.05, 0) is 0 Å². The molecular weight excluding hydrogens is 203 g/mol. The minimum absolute atomic E-state index is 0.711. The van der Waals surface area contributed by atoms with E-state index in [-0.39, 0.29) is 0 Å². The van der Waals surface area contributed by atoms with Gasteiger partial charge in [0.05, 0.1) is 6.42 Å². The molecule has 0 aliphatic rings. The number of hydrogen-bond acceptors (Lipinski definition) is 5. The van der Waals surface area contributed by atoms with E-state index >= 15 is 0 Å². The predicted octanol–water partition coefficient (Wildman–Crippen LogP) is -1.61. The molecule has 0 aromatic rings. The Labute approximate surface area is 73.1 Å². The minimum atomic E-state index is -4.41. The highest BCUT2D eigenvalue weighted by Gasteiger charge is 2.22. The van der Waals surface area contributed by atoms with Gasteiger partial charge >= 0.3 is 19.7 Å². The van der Waals surface area contributed by atoms with E-state index in [0.717, 1.165) is 0 Å². The lowest BCUT2D eigenvalue weighted by molar-refractivity contribution is -0.144. The van der Waals surface area contributed by atoms with Gasteiger partial charge in [0.25, 0.3) is 0 Å². The predicted molar refractivity (Wildman–Crippen MR) is 40.3 cm³/mol. The summed E-state index contributed by atoms with van der Waals surface area (Å²) in [6, 6.07) is -1.47. The number of carboxylic acid groups (broad SMARTS) is 1. The number of nitrogens with two attached hydrogens (primary N) is 2. The first-order valence-corrected chi connectivity index (χ1v) is 4.69. The number of carbonyl (C=O) groups excluding carboxylic acids is 1. The molecule has 76 valence electrons. The largest absolute Gasteiger partial charge is 0.480 e. The lowest BCUT2D eigenvalue weighted by Gasteiger charge is -2.07. The van der Waals surface area contributed by atoms with Crippen molar-refractivity contribution in [3.63, 3.8) is 0 Å². The van der Waals surface area contributed by atoms with Gasteiger partial charge < -0.3 is 20.3 Å². The van der Waals surface area contributed by atoms with Crippen molar-refractivity contribution in [3.05, 3.63) is 0 Å². The zero-order valence-corrected chi connectivity index (χ0v) is 7.31. The molecule has 0 bridgehead atoms. The highest BCUT2D eigenvalue weighted by Crippen LogP contribution is 2.31. The molecule has 0 saturated heterocycles. The standard InChI is InChI=1S/C4H9N2O6P/c5-2(4(8)9)1-3(7)12-13(6,10)11/h2H,1,5H2,(H,8,9)(H3,6,10,11)/t2-/m0/s1. The summed E-state index contributed by atoms with van der Waals surface area (Å²) >= 11 is 0. The van der Waals surface area contributed by atoms with Gasteiger partial charge in [-0.2, -0.15) is 0 Å². The molecule has 0 heterocycles. The summed E-state index contributed by atoms with van der Waals surface area (Å²) in [4.78, 5) is 29.0. The maximum absolute atomic E-state index is 10.6. The molecule has 0 radical (unpaired) electrons. The quantitative estimate of drug-likeness (QED) is 0.406. The molecule has 0 aliphatic carbocycles. The zero-order valence-electron chi connectivity index (χ0n) is 6.41. The van der Waals surface area contributed by atoms with Crippen molar-refractivity contribution in [2.45, 2.75) is 12.5 Å². The van der Waals surface area contributed by atoms with Crippen molar-refractivity contribution in [1.82, 2.24) is 0 Å². The first kappa shape index (κ1) is 12.0. The minimum Gasteiger partial charge on any atom is -0.480 e. The molecule has 0 aliphatic heterocycles. The van der Waals surface area contributed by atoms with E-state index in [1.807, 2.05) is 0 Å². The van der Waals surface area contributed by atoms with Crippen molar-refractivity contribution in [1.29, 1.82) is 0 Å². The molecule has 0 aromatic carbocycles. The van der Waals surface area contributed by atoms with E-state index < -0.39 is 32.1 Å². The second kappa shape index (κ2) is 4.33. The van der Waals surface area contributed by atoms with Crippen molar-refractivity contribution in [3.8, 4) is 0 Å². The third-order valence-corrected chi connectivity index (χ3v) is 1.40. The number of rotatable bonds is 4. The van der Waals surface area contributed by atoms with Crippen LogP contribution in [0.3, 0.4) is 0 Å². The topological polar surface area (TPSA) is 153 Å². The van der Waals surface area contributed by atoms with Crippen LogP contribution in [0.25, 0.3) is 0 Å². The average molecular weight is 212 g/mol. The molecule has 13 heavy (non-hydrogen) atoms. The number of carboxylic acids is 1. The summed E-state index contributed by atoms with van der Waals surface area (Å²) < 4.78 is 14.0. The molecule has 0 saturated carbocycles. The Hall–Kier alpha value is -0.950. The molecule has 0 spiro atoms. The highest BCUT2D eigenvalue weighted by atomic mass is 31.2. The smallest absolute Gasteiger partial charge is 0.455 e. The Bertz CT molecular complexity index is 259. The van der Waals surface area contributed by atoms with E-state index in [0.29, 0.717) is 0 Å². The lowest BCUT2D eigenvalue weighted by Crippen LogP contribution is -2.33. The van der Waals surface area contributed by atoms with Crippen LogP contribution in [0.5, 0.6) is 0 Å². The summed E-state index contributed by atoms with van der Waals surface area (Å²) in [5.41, 5.74) is 9.39. The number of hydrogen-bond donors (Lipinski definition) is 4. The first-order chi connectivity index (χ1) is 5.72. The second-order valence-corrected chi connectivity index (χ2v) is 3.49. The van der Waals surface area contributed by atoms with Crippen LogP contribution in [0.2, 0.25) is 0 Å². The van der Waals surface area contributed by atoms with Gasteiger partial charge in [-0.15, -0.1) is 0 Å². The summed E-state index contributed by atoms with van der Waals surface area (Å²) in [5, 5.41) is 8.23. The normalized spacial score (nSPS) is 17.2. The Kier molecular flexibility index (Phi) is 4.02. The van der Waals surface area contributed by atoms with E-state index in [2.05, 4.69) is 10.0 Å². The summed E-state index contributed by atoms with van der Waals surface area (Å²) in [7, 11) is -4.41. The Balaban J connectivity index is 4.03. The highest BCUT2D eigenvalue weighted by molar-refractivity contribution is 7.50. The molecule has 0 rings (SSSR count). The Morgan fingerprint density at radius 3 is 2.31 bits per heavy atom. The maximum Gasteiger partial charge on any atom is 0.455 e. The van der Waals surface area contributed by atoms with Crippen LogP contribution >= 0.6 is 7.75 Å². The maximum atomic E-state index is 10.6. The van der Waals surface area contributed by atoms with Gasteiger partial charge in [-0.1, -0.05) is 0 Å². The van der Waals surface area contributed by atoms with Gasteiger partial charge in [-0.25, -0.2) is 10.1 Å². The zero-order chi connectivity index (χ0) is 10.6. The number of carbonyl (C=O) groups is 2. The first-order valence-electron chi connectivity index (χ1n) is 3.04. The van der Waals surface area contributed by atoms with Crippen LogP contribution in [0.15, 0.2) is 0 Å². The van der Waals surface area contributed by atoms with Crippen molar-refractivity contribution in [2.75, 3.05) is 0 Å². The molecule has 8 nitrogen and oxygen atoms in total. The molecule has 0 fully saturated rings. The molecule has 6 N–H and O–H groups in total. The van der Waals surface area contributed by atoms with Gasteiger partial charge in [0.15, 0.2) is 0 Å². The third-order valence-electron chi connectivity index (χ3n) is 0.936. The van der Waals surface area contributed by atoms with E-state index in [4.69, 9.17) is 15.7 Å². The number of aliphatic carboxylic acids is 1. The van der Waals surface area contributed by atoms with Crippen LogP contribution in [0.4, 0.5) is 0 Å². The van der Waals surface area contributed by atoms with Crippen LogP contribution in [-0.4, -0.2) is 28.0 Å². The van der Waals surface area contributed by atoms with Crippen LogP contribution in [0, 0.1) is 0 Å². The Morgan fingerprint density at radius 2 is 2.00 bits per heavy atom. The van der Waals surface area contributed by atoms with Crippen molar-refractivity contribution >= 4 is 19.7 Å². The molecule has 2 atom stereocenters. The molecular formula is C4H9N2O6P. The molecule has 0 aromatic heterocycles. The van der Waals surface area contributed by atoms with Gasteiger partial charge in [0.2, 0.25) is 0 Å². The third kappa shape index (κ3) is 6.23. The van der Waals surface area contributed by atoms with E-state index in [1.54, 1.807) is 0 Å². The Morgan fingerprint density at radius 1 is 1.54 bits per heavy atom. The molecule has 1 unspecified atom stereocenters. The fraction of sp³-hybridized carbons (Fsp3) is 0.500. The average Bonchev–Trinajstić information content (AvgIpc) is 1.81. The van der Waals surface area contributed by atoms with Crippen LogP contribution < -0.4 is 11.2 Å². The fourth-order valence-corrected chi connectivity index (χ4v) is 0.816. The fourth-order valence-electron chi connectivity index (χ4n) is 0.450. The van der Waals surface area contributed by atoms with Gasteiger partial charge in [-0.3, -0.25) is 9.59 Å². The molecule has 0 amide bonds. The van der Waals surface area contributed by atoms with Crippen molar-refractivity contribution in [2.24, 2.45) is 11.2 Å². The summed E-state index contributed by atoms with van der Waals surface area (Å²) in [6.07, 6.45) is -0.711. The van der Waals surface area contributed by atoms with Crippen molar-refractivity contribution < 1.29 is 28.7 Å². The molecule has 9 heteroatoms.